The smallest absolute Gasteiger partial charge is 0.391 e. The molecule has 6 rings (SSSR count). The number of nitrogens with zero attached hydrogens (tertiary/aromatic N) is 5. The summed E-state index contributed by atoms with van der Waals surface area (Å²) in [5.74, 6) is -0.990. The zero-order valence-corrected chi connectivity index (χ0v) is 31.0. The van der Waals surface area contributed by atoms with Gasteiger partial charge in [-0.3, -0.25) is 9.69 Å². The molecule has 3 N–H and O–H groups in total. The number of halogens is 4. The van der Waals surface area contributed by atoms with E-state index in [1.165, 1.54) is 12.1 Å². The van der Waals surface area contributed by atoms with Gasteiger partial charge >= 0.3 is 6.18 Å². The maximum absolute atomic E-state index is 14.4. The predicted molar refractivity (Wildman–Crippen MR) is 195 cm³/mol. The largest absolute Gasteiger partial charge is 0.473 e. The fourth-order valence-electron chi connectivity index (χ4n) is 6.93. The topological polar surface area (TPSA) is 131 Å². The van der Waals surface area contributed by atoms with Gasteiger partial charge in [0.1, 0.15) is 18.2 Å². The van der Waals surface area contributed by atoms with Crippen molar-refractivity contribution in [3.8, 4) is 11.9 Å². The number of hydrogen-bond acceptors (Lipinski definition) is 8. The number of piperidine rings is 1. The minimum atomic E-state index is -4.26. The maximum atomic E-state index is 14.4. The molecule has 4 aromatic rings. The summed E-state index contributed by atoms with van der Waals surface area (Å²) in [6.07, 6.45) is -2.74. The molecule has 54 heavy (non-hydrogen) atoms. The van der Waals surface area contributed by atoms with Crippen molar-refractivity contribution in [1.29, 1.82) is 5.26 Å². The number of aromatic nitrogens is 3. The van der Waals surface area contributed by atoms with Gasteiger partial charge in [0.05, 0.1) is 52.9 Å². The Morgan fingerprint density at radius 1 is 1.04 bits per heavy atom. The highest BCUT2D eigenvalue weighted by atomic mass is 19.4. The summed E-state index contributed by atoms with van der Waals surface area (Å²) in [7, 11) is 0. The number of pyridine rings is 1. The molecule has 2 aromatic carbocycles. The number of hydrogen-bond donors (Lipinski definition) is 2. The van der Waals surface area contributed by atoms with E-state index in [9.17, 15) is 22.4 Å². The summed E-state index contributed by atoms with van der Waals surface area (Å²) < 4.78 is 68.8. The summed E-state index contributed by atoms with van der Waals surface area (Å²) in [6, 6.07) is 16.5. The number of nitrogens with two attached hydrogens (primary N) is 1. The van der Waals surface area contributed by atoms with E-state index in [1.54, 1.807) is 30.3 Å². The fraction of sp³-hybridized carbons (Fsp3) is 0.500. The molecule has 0 radical (unpaired) electrons. The van der Waals surface area contributed by atoms with Crippen LogP contribution in [-0.2, 0) is 17.9 Å². The van der Waals surface area contributed by atoms with Crippen molar-refractivity contribution in [1.82, 2.24) is 24.8 Å². The van der Waals surface area contributed by atoms with Crippen molar-refractivity contribution in [2.45, 2.75) is 95.8 Å². The summed E-state index contributed by atoms with van der Waals surface area (Å²) in [5.41, 5.74) is 7.61. The van der Waals surface area contributed by atoms with Crippen LogP contribution in [-0.4, -0.2) is 68.9 Å². The number of rotatable bonds is 13. The van der Waals surface area contributed by atoms with E-state index in [0.29, 0.717) is 47.0 Å². The third kappa shape index (κ3) is 9.19. The number of imidazole rings is 1. The highest BCUT2D eigenvalue weighted by Crippen LogP contribution is 2.48. The molecule has 0 spiro atoms. The number of fused-ring (bicyclic) bond motifs is 1. The van der Waals surface area contributed by atoms with Gasteiger partial charge < -0.3 is 25.1 Å². The molecular weight excluding hydrogens is 702 g/mol. The summed E-state index contributed by atoms with van der Waals surface area (Å²) in [5, 5.41) is 12.0. The number of nitrogens with one attached hydrogen (secondary N) is 1. The van der Waals surface area contributed by atoms with Crippen molar-refractivity contribution in [2.24, 2.45) is 11.7 Å². The first-order chi connectivity index (χ1) is 25.5. The molecule has 3 heterocycles. The Kier molecular flexibility index (Phi) is 11.3. The average Bonchev–Trinajstić information content (AvgIpc) is 3.45. The van der Waals surface area contributed by atoms with Crippen molar-refractivity contribution in [3.05, 3.63) is 88.6 Å². The second-order valence-corrected chi connectivity index (χ2v) is 15.7. The Balaban J connectivity index is 1.14. The lowest BCUT2D eigenvalue weighted by Gasteiger charge is -2.39. The quantitative estimate of drug-likeness (QED) is 0.138. The van der Waals surface area contributed by atoms with Gasteiger partial charge in [-0.05, 0) is 103 Å². The van der Waals surface area contributed by atoms with E-state index < -0.39 is 29.1 Å². The molecular formula is C40H47F4N7O3. The molecule has 2 fully saturated rings. The number of ether oxygens (including phenoxy) is 2. The first-order valence-electron chi connectivity index (χ1n) is 18.3. The van der Waals surface area contributed by atoms with Gasteiger partial charge in [0, 0.05) is 41.4 Å². The number of alkyl halides is 3. The highest BCUT2D eigenvalue weighted by molar-refractivity contribution is 5.98. The molecule has 0 atom stereocenters. The van der Waals surface area contributed by atoms with Gasteiger partial charge in [-0.25, -0.2) is 14.4 Å². The lowest BCUT2D eigenvalue weighted by molar-refractivity contribution is -0.202. The first kappa shape index (κ1) is 39.1. The monoisotopic (exact) mass is 749 g/mol. The molecule has 1 aliphatic carbocycles. The second kappa shape index (κ2) is 15.6. The van der Waals surface area contributed by atoms with Gasteiger partial charge in [0.2, 0.25) is 5.88 Å². The number of nitriles is 1. The zero-order chi connectivity index (χ0) is 38.8. The van der Waals surface area contributed by atoms with Gasteiger partial charge in [-0.1, -0.05) is 12.1 Å². The molecule has 1 saturated carbocycles. The van der Waals surface area contributed by atoms with Gasteiger partial charge in [-0.2, -0.15) is 18.4 Å². The molecule has 0 bridgehead atoms. The molecule has 2 aromatic heterocycles. The van der Waals surface area contributed by atoms with E-state index in [4.69, 9.17) is 30.4 Å². The minimum absolute atomic E-state index is 0.0228. The van der Waals surface area contributed by atoms with Crippen LogP contribution in [0.1, 0.15) is 98.3 Å². The standard InChI is InChI=1S/C40H47F4N7O3/c1-38(2,24-54-39(3,4)23-46)49-37(52)27-10-11-33-34(17-27)51(30-18-29(19-30)40(42,43)44)35(47-33)21-50-14-12-26(13-15-50)32-6-5-7-36(48-32)53-22-28-9-8-25(20-45)16-31(28)41/h5-11,16-17,26,29-30H,12-15,18-19,21-24,46H2,1-4H3,(H,49,52). The number of likely N-dealkylation sites (tertiary alicyclic amines) is 1. The maximum Gasteiger partial charge on any atom is 0.391 e. The average molecular weight is 750 g/mol. The molecule has 1 aliphatic heterocycles. The van der Waals surface area contributed by atoms with Crippen molar-refractivity contribution in [2.75, 3.05) is 26.2 Å². The number of benzene rings is 2. The van der Waals surface area contributed by atoms with E-state index in [2.05, 4.69) is 10.2 Å². The minimum Gasteiger partial charge on any atom is -0.473 e. The normalized spacial score (nSPS) is 18.7. The van der Waals surface area contributed by atoms with E-state index >= 15 is 0 Å². The number of carbonyl (C=O) groups is 1. The number of amides is 1. The highest BCUT2D eigenvalue weighted by Gasteiger charge is 2.49. The van der Waals surface area contributed by atoms with Crippen LogP contribution < -0.4 is 15.8 Å². The molecule has 2 aliphatic rings. The van der Waals surface area contributed by atoms with Crippen LogP contribution in [0.4, 0.5) is 17.6 Å². The third-order valence-corrected chi connectivity index (χ3v) is 10.4. The van der Waals surface area contributed by atoms with Crippen LogP contribution >= 0.6 is 0 Å². The summed E-state index contributed by atoms with van der Waals surface area (Å²) >= 11 is 0. The Hall–Kier alpha value is -4.58. The lowest BCUT2D eigenvalue weighted by Crippen LogP contribution is -2.49. The second-order valence-electron chi connectivity index (χ2n) is 15.7. The number of carbonyl (C=O) groups excluding carboxylic acids is 1. The van der Waals surface area contributed by atoms with Crippen LogP contribution in [0.2, 0.25) is 0 Å². The van der Waals surface area contributed by atoms with Gasteiger partial charge in [0.15, 0.2) is 0 Å². The zero-order valence-electron chi connectivity index (χ0n) is 31.0. The van der Waals surface area contributed by atoms with Crippen LogP contribution in [0, 0.1) is 23.1 Å². The fourth-order valence-corrected chi connectivity index (χ4v) is 6.93. The van der Waals surface area contributed by atoms with Gasteiger partial charge in [0.25, 0.3) is 5.91 Å². The lowest BCUT2D eigenvalue weighted by atomic mass is 9.79. The van der Waals surface area contributed by atoms with Crippen molar-refractivity contribution in [3.63, 3.8) is 0 Å². The Bertz CT molecular complexity index is 2010. The van der Waals surface area contributed by atoms with Crippen LogP contribution in [0.15, 0.2) is 54.6 Å². The molecule has 10 nitrogen and oxygen atoms in total. The Morgan fingerprint density at radius 3 is 2.44 bits per heavy atom. The first-order valence-corrected chi connectivity index (χ1v) is 18.3. The Labute approximate surface area is 312 Å². The van der Waals surface area contributed by atoms with E-state index in [-0.39, 0.29) is 49.5 Å². The van der Waals surface area contributed by atoms with E-state index in [0.717, 1.165) is 31.6 Å². The summed E-state index contributed by atoms with van der Waals surface area (Å²) in [4.78, 5) is 25.3. The van der Waals surface area contributed by atoms with E-state index in [1.807, 2.05) is 50.5 Å². The van der Waals surface area contributed by atoms with Crippen LogP contribution in [0.5, 0.6) is 5.88 Å². The predicted octanol–water partition coefficient (Wildman–Crippen LogP) is 7.18. The molecule has 1 saturated heterocycles. The van der Waals surface area contributed by atoms with Crippen molar-refractivity contribution >= 4 is 16.9 Å². The van der Waals surface area contributed by atoms with Crippen molar-refractivity contribution < 1.29 is 31.8 Å². The third-order valence-electron chi connectivity index (χ3n) is 10.4. The van der Waals surface area contributed by atoms with Crippen LogP contribution in [0.3, 0.4) is 0 Å². The Morgan fingerprint density at radius 2 is 1.78 bits per heavy atom. The SMILES string of the molecule is CC(C)(COC(C)(C)CN)NC(=O)c1ccc2nc(CN3CCC(c4cccc(OCc5ccc(C#N)cc5F)n4)CC3)n(C3CC(C(F)(F)F)C3)c2c1. The summed E-state index contributed by atoms with van der Waals surface area (Å²) in [6.45, 7) is 9.89. The van der Waals surface area contributed by atoms with Gasteiger partial charge in [-0.15, -0.1) is 0 Å². The molecule has 288 valence electrons. The molecule has 0 unspecified atom stereocenters. The molecule has 14 heteroatoms. The van der Waals surface area contributed by atoms with Crippen LogP contribution in [0.25, 0.3) is 11.0 Å². The molecule has 1 amide bonds.